The zero-order valence-electron chi connectivity index (χ0n) is 16.4. The number of carbonyl (C=O) groups is 1. The summed E-state index contributed by atoms with van der Waals surface area (Å²) in [6.45, 7) is 3.54. The molecule has 0 bridgehead atoms. The van der Waals surface area contributed by atoms with E-state index in [1.54, 1.807) is 22.6 Å². The second-order valence-electron chi connectivity index (χ2n) is 7.38. The molecule has 3 rings (SSSR count). The van der Waals surface area contributed by atoms with Gasteiger partial charge in [-0.3, -0.25) is 4.79 Å². The highest BCUT2D eigenvalue weighted by Gasteiger charge is 2.29. The smallest absolute Gasteiger partial charge is 0.258 e. The molecule has 0 aliphatic carbocycles. The van der Waals surface area contributed by atoms with E-state index in [1.807, 2.05) is 18.2 Å². The van der Waals surface area contributed by atoms with E-state index in [-0.39, 0.29) is 17.0 Å². The number of rotatable bonds is 6. The van der Waals surface area contributed by atoms with Gasteiger partial charge in [0.15, 0.2) is 0 Å². The Morgan fingerprint density at radius 2 is 2.03 bits per heavy atom. The van der Waals surface area contributed by atoms with Crippen LogP contribution in [0.1, 0.15) is 34.5 Å². The number of benzene rings is 1. The molecule has 1 aliphatic rings. The van der Waals surface area contributed by atoms with Crippen LogP contribution in [0.15, 0.2) is 24.3 Å². The Morgan fingerprint density at radius 3 is 2.72 bits per heavy atom. The summed E-state index contributed by atoms with van der Waals surface area (Å²) in [5, 5.41) is 5.33. The minimum absolute atomic E-state index is 0.0691. The van der Waals surface area contributed by atoms with E-state index in [0.717, 1.165) is 24.7 Å². The van der Waals surface area contributed by atoms with Gasteiger partial charge in [-0.2, -0.15) is 5.10 Å². The number of likely N-dealkylation sites (tertiary alicyclic amines) is 1. The van der Waals surface area contributed by atoms with E-state index in [1.165, 1.54) is 0 Å². The number of hydrogen-bond donors (Lipinski definition) is 1. The first kappa shape index (κ1) is 22.1. The molecule has 0 spiro atoms. The van der Waals surface area contributed by atoms with Gasteiger partial charge in [0.2, 0.25) is 10.0 Å². The van der Waals surface area contributed by atoms with Gasteiger partial charge in [0, 0.05) is 24.7 Å². The van der Waals surface area contributed by atoms with Crippen molar-refractivity contribution >= 4 is 39.1 Å². The summed E-state index contributed by atoms with van der Waals surface area (Å²) < 4.78 is 26.8. The predicted molar refractivity (Wildman–Crippen MR) is 114 cm³/mol. The van der Waals surface area contributed by atoms with E-state index < -0.39 is 10.0 Å². The van der Waals surface area contributed by atoms with Gasteiger partial charge < -0.3 is 4.90 Å². The number of piperidine rings is 1. The summed E-state index contributed by atoms with van der Waals surface area (Å²) in [6.07, 6.45) is 2.81. The number of sulfonamides is 1. The topological polar surface area (TPSA) is 84.3 Å². The Labute approximate surface area is 181 Å². The van der Waals surface area contributed by atoms with E-state index >= 15 is 0 Å². The fraction of sp³-hybridized carbons (Fsp3) is 0.474. The van der Waals surface area contributed by atoms with E-state index in [0.29, 0.717) is 42.5 Å². The number of hydrogen-bond acceptors (Lipinski definition) is 4. The molecule has 1 aromatic carbocycles. The van der Waals surface area contributed by atoms with Gasteiger partial charge in [-0.15, -0.1) is 0 Å². The third-order valence-corrected chi connectivity index (χ3v) is 6.44. The Morgan fingerprint density at radius 1 is 1.31 bits per heavy atom. The number of aryl methyl sites for hydroxylation is 1. The Kier molecular flexibility index (Phi) is 6.88. The third kappa shape index (κ3) is 5.51. The highest BCUT2D eigenvalue weighted by atomic mass is 35.5. The van der Waals surface area contributed by atoms with Crippen LogP contribution in [-0.2, 0) is 16.6 Å². The lowest BCUT2D eigenvalue weighted by atomic mass is 9.97. The van der Waals surface area contributed by atoms with Gasteiger partial charge in [-0.1, -0.05) is 41.4 Å². The molecular formula is C19H24Cl2N4O3S. The van der Waals surface area contributed by atoms with Gasteiger partial charge >= 0.3 is 0 Å². The molecule has 10 heteroatoms. The van der Waals surface area contributed by atoms with Crippen molar-refractivity contribution in [1.82, 2.24) is 19.4 Å². The zero-order chi connectivity index (χ0) is 21.2. The first-order valence-corrected chi connectivity index (χ1v) is 12.0. The fourth-order valence-electron chi connectivity index (χ4n) is 3.53. The van der Waals surface area contributed by atoms with Crippen molar-refractivity contribution in [3.8, 4) is 0 Å². The minimum atomic E-state index is -3.26. The Bertz CT molecular complexity index is 1010. The number of nitrogens with one attached hydrogen (secondary N) is 1. The fourth-order valence-corrected chi connectivity index (χ4v) is 4.58. The maximum Gasteiger partial charge on any atom is 0.258 e. The molecule has 1 atom stereocenters. The van der Waals surface area contributed by atoms with Gasteiger partial charge in [-0.25, -0.2) is 17.8 Å². The monoisotopic (exact) mass is 458 g/mol. The largest absolute Gasteiger partial charge is 0.338 e. The molecule has 2 heterocycles. The standard InChI is InChI=1S/C19H24Cl2N4O3S/c1-13-17(18(21)25(23-13)12-15-7-3-4-8-16(15)20)19(26)24-9-5-6-14(11-24)10-22-29(2,27)28/h3-4,7-8,14,22H,5-6,9-12H2,1-2H3. The van der Waals surface area contributed by atoms with Crippen LogP contribution in [0, 0.1) is 12.8 Å². The zero-order valence-corrected chi connectivity index (χ0v) is 18.7. The first-order valence-electron chi connectivity index (χ1n) is 9.36. The SMILES string of the molecule is Cc1nn(Cc2ccccc2Cl)c(Cl)c1C(=O)N1CCCC(CNS(C)(=O)=O)C1. The van der Waals surface area contributed by atoms with Crippen molar-refractivity contribution in [2.75, 3.05) is 25.9 Å². The first-order chi connectivity index (χ1) is 13.7. The summed E-state index contributed by atoms with van der Waals surface area (Å²) in [7, 11) is -3.26. The van der Waals surface area contributed by atoms with Crippen LogP contribution < -0.4 is 4.72 Å². The van der Waals surface area contributed by atoms with Crippen molar-refractivity contribution < 1.29 is 13.2 Å². The number of carbonyl (C=O) groups excluding carboxylic acids is 1. The molecule has 1 fully saturated rings. The number of halogens is 2. The van der Waals surface area contributed by atoms with Crippen LogP contribution in [0.4, 0.5) is 0 Å². The Balaban J connectivity index is 1.75. The molecular weight excluding hydrogens is 435 g/mol. The summed E-state index contributed by atoms with van der Waals surface area (Å²) in [5.74, 6) is -0.110. The van der Waals surface area contributed by atoms with Crippen LogP contribution in [-0.4, -0.2) is 54.9 Å². The lowest BCUT2D eigenvalue weighted by molar-refractivity contribution is 0.0676. The van der Waals surface area contributed by atoms with Crippen molar-refractivity contribution in [2.24, 2.45) is 5.92 Å². The third-order valence-electron chi connectivity index (χ3n) is 5.00. The molecule has 1 aliphatic heterocycles. The second kappa shape index (κ2) is 9.04. The molecule has 1 N–H and O–H groups in total. The normalized spacial score (nSPS) is 17.5. The lowest BCUT2D eigenvalue weighted by Crippen LogP contribution is -2.43. The second-order valence-corrected chi connectivity index (χ2v) is 9.98. The molecule has 2 aromatic rings. The van der Waals surface area contributed by atoms with Crippen LogP contribution in [0.25, 0.3) is 0 Å². The average molecular weight is 459 g/mol. The summed E-state index contributed by atoms with van der Waals surface area (Å²) in [6, 6.07) is 7.42. The highest BCUT2D eigenvalue weighted by Crippen LogP contribution is 2.26. The molecule has 7 nitrogen and oxygen atoms in total. The van der Waals surface area contributed by atoms with Gasteiger partial charge in [0.1, 0.15) is 5.15 Å². The van der Waals surface area contributed by atoms with Gasteiger partial charge in [0.05, 0.1) is 24.1 Å². The molecule has 1 aromatic heterocycles. The van der Waals surface area contributed by atoms with Crippen LogP contribution in [0.5, 0.6) is 0 Å². The average Bonchev–Trinajstić information content (AvgIpc) is 2.94. The summed E-state index contributed by atoms with van der Waals surface area (Å²) in [4.78, 5) is 14.9. The summed E-state index contributed by atoms with van der Waals surface area (Å²) in [5.41, 5.74) is 1.81. The van der Waals surface area contributed by atoms with Crippen LogP contribution >= 0.6 is 23.2 Å². The molecule has 29 heavy (non-hydrogen) atoms. The van der Waals surface area contributed by atoms with Crippen molar-refractivity contribution in [3.63, 3.8) is 0 Å². The summed E-state index contributed by atoms with van der Waals surface area (Å²) >= 11 is 12.7. The number of aromatic nitrogens is 2. The quantitative estimate of drug-likeness (QED) is 0.720. The van der Waals surface area contributed by atoms with Crippen LogP contribution in [0.2, 0.25) is 10.2 Å². The van der Waals surface area contributed by atoms with Gasteiger partial charge in [0.25, 0.3) is 5.91 Å². The van der Waals surface area contributed by atoms with Gasteiger partial charge in [-0.05, 0) is 37.3 Å². The van der Waals surface area contributed by atoms with Crippen molar-refractivity contribution in [3.05, 3.63) is 51.3 Å². The maximum absolute atomic E-state index is 13.1. The maximum atomic E-state index is 13.1. The van der Waals surface area contributed by atoms with Crippen LogP contribution in [0.3, 0.4) is 0 Å². The van der Waals surface area contributed by atoms with E-state index in [4.69, 9.17) is 23.2 Å². The predicted octanol–water partition coefficient (Wildman–Crippen LogP) is 2.95. The molecule has 1 unspecified atom stereocenters. The highest BCUT2D eigenvalue weighted by molar-refractivity contribution is 7.88. The molecule has 1 saturated heterocycles. The molecule has 158 valence electrons. The number of nitrogens with zero attached hydrogens (tertiary/aromatic N) is 3. The van der Waals surface area contributed by atoms with Crippen molar-refractivity contribution in [2.45, 2.75) is 26.3 Å². The van der Waals surface area contributed by atoms with E-state index in [9.17, 15) is 13.2 Å². The number of amides is 1. The van der Waals surface area contributed by atoms with E-state index in [2.05, 4.69) is 9.82 Å². The van der Waals surface area contributed by atoms with Crippen molar-refractivity contribution in [1.29, 1.82) is 0 Å². The molecule has 0 radical (unpaired) electrons. The lowest BCUT2D eigenvalue weighted by Gasteiger charge is -2.32. The molecule has 0 saturated carbocycles. The minimum Gasteiger partial charge on any atom is -0.338 e. The molecule has 1 amide bonds. The Hall–Kier alpha value is -1.61.